The van der Waals surface area contributed by atoms with Crippen molar-refractivity contribution in [3.05, 3.63) is 24.0 Å². The monoisotopic (exact) mass is 310 g/mol. The highest BCUT2D eigenvalue weighted by molar-refractivity contribution is 6.99. The van der Waals surface area contributed by atoms with Crippen molar-refractivity contribution in [2.75, 3.05) is 10.8 Å². The maximum Gasteiger partial charge on any atom is 0.356 e. The smallest absolute Gasteiger partial charge is 0.356 e. The lowest BCUT2D eigenvalue weighted by atomic mass is 10.3. The van der Waals surface area contributed by atoms with Gasteiger partial charge in [0, 0.05) is 11.9 Å². The number of anilines is 1. The highest BCUT2D eigenvalue weighted by Gasteiger charge is 2.34. The Hall–Kier alpha value is -1.15. The first-order chi connectivity index (χ1) is 9.07. The van der Waals surface area contributed by atoms with E-state index < -0.39 is 16.5 Å². The number of hydrogen-bond donors (Lipinski definition) is 0. The van der Waals surface area contributed by atoms with Crippen molar-refractivity contribution in [2.45, 2.75) is 46.2 Å². The summed E-state index contributed by atoms with van der Waals surface area (Å²) < 4.78 is 7.54. The minimum atomic E-state index is -1.48. The first-order valence-electron chi connectivity index (χ1n) is 7.01. The van der Waals surface area contributed by atoms with Crippen LogP contribution >= 0.6 is 0 Å². The molecule has 0 spiro atoms. The van der Waals surface area contributed by atoms with Gasteiger partial charge in [0.25, 0.3) is 0 Å². The van der Waals surface area contributed by atoms with Gasteiger partial charge in [0.15, 0.2) is 0 Å². The summed E-state index contributed by atoms with van der Waals surface area (Å²) in [7, 11) is -2.97. The molecular formula is C14H26N2O2Si2. The zero-order valence-corrected chi connectivity index (χ0v) is 15.7. The van der Waals surface area contributed by atoms with E-state index in [2.05, 4.69) is 48.5 Å². The maximum atomic E-state index is 11.6. The molecule has 0 aliphatic heterocycles. The number of nitrogens with zero attached hydrogens (tertiary/aromatic N) is 2. The van der Waals surface area contributed by atoms with Gasteiger partial charge in [-0.25, -0.2) is 9.78 Å². The van der Waals surface area contributed by atoms with E-state index in [9.17, 15) is 4.79 Å². The molecule has 0 bridgehead atoms. The van der Waals surface area contributed by atoms with Crippen molar-refractivity contribution < 1.29 is 9.53 Å². The Bertz CT molecular complexity index is 448. The van der Waals surface area contributed by atoms with Crippen molar-refractivity contribution in [1.82, 2.24) is 4.98 Å². The summed E-state index contributed by atoms with van der Waals surface area (Å²) in [6.45, 7) is 16.2. The molecule has 1 heterocycles. The largest absolute Gasteiger partial charge is 0.461 e. The molecule has 112 valence electrons. The van der Waals surface area contributed by atoms with Crippen molar-refractivity contribution in [2.24, 2.45) is 0 Å². The fourth-order valence-corrected chi connectivity index (χ4v) is 12.5. The molecule has 0 amide bonds. The number of rotatable bonds is 5. The number of pyridine rings is 1. The van der Waals surface area contributed by atoms with Crippen molar-refractivity contribution >= 4 is 28.1 Å². The average Bonchev–Trinajstić information content (AvgIpc) is 2.26. The minimum absolute atomic E-state index is 0.355. The summed E-state index contributed by atoms with van der Waals surface area (Å²) in [4.78, 5) is 15.9. The zero-order valence-electron chi connectivity index (χ0n) is 13.7. The molecule has 6 heteroatoms. The molecule has 20 heavy (non-hydrogen) atoms. The van der Waals surface area contributed by atoms with E-state index in [4.69, 9.17) is 4.74 Å². The van der Waals surface area contributed by atoms with Crippen LogP contribution in [0.2, 0.25) is 39.3 Å². The van der Waals surface area contributed by atoms with Crippen molar-refractivity contribution in [3.63, 3.8) is 0 Å². The number of ether oxygens (including phenoxy) is 1. The standard InChI is InChI=1S/C14H26N2O2Si2/c1-8-18-14(17)13-10-9-12(11-15-13)16(19(2,3)4)20(5,6)7/h9-11H,8H2,1-7H3. The summed E-state index contributed by atoms with van der Waals surface area (Å²) in [5.74, 6) is -0.355. The van der Waals surface area contributed by atoms with E-state index in [1.807, 2.05) is 12.3 Å². The predicted molar refractivity (Wildman–Crippen MR) is 89.4 cm³/mol. The Morgan fingerprint density at radius 3 is 2.05 bits per heavy atom. The van der Waals surface area contributed by atoms with Gasteiger partial charge in [-0.1, -0.05) is 39.3 Å². The van der Waals surface area contributed by atoms with Crippen LogP contribution in [-0.4, -0.2) is 34.0 Å². The Morgan fingerprint density at radius 2 is 1.70 bits per heavy atom. The third-order valence-corrected chi connectivity index (χ3v) is 10.1. The summed E-state index contributed by atoms with van der Waals surface area (Å²) in [6.07, 6.45) is 1.81. The van der Waals surface area contributed by atoms with E-state index in [0.29, 0.717) is 12.3 Å². The molecule has 1 rings (SSSR count). The summed E-state index contributed by atoms with van der Waals surface area (Å²) in [5.41, 5.74) is 1.50. The molecule has 0 radical (unpaired) electrons. The SMILES string of the molecule is CCOC(=O)c1ccc(N([Si](C)(C)C)[Si](C)(C)C)cn1. The van der Waals surface area contributed by atoms with Crippen molar-refractivity contribution in [3.8, 4) is 0 Å². The molecule has 0 saturated heterocycles. The summed E-state index contributed by atoms with van der Waals surface area (Å²) >= 11 is 0. The Balaban J connectivity index is 3.10. The minimum Gasteiger partial charge on any atom is -0.461 e. The van der Waals surface area contributed by atoms with Gasteiger partial charge in [0.2, 0.25) is 0 Å². The number of carbonyl (C=O) groups is 1. The van der Waals surface area contributed by atoms with E-state index in [1.165, 1.54) is 0 Å². The molecule has 0 aliphatic carbocycles. The van der Waals surface area contributed by atoms with E-state index >= 15 is 0 Å². The van der Waals surface area contributed by atoms with Gasteiger partial charge in [0.05, 0.1) is 6.61 Å². The molecule has 0 unspecified atom stereocenters. The van der Waals surface area contributed by atoms with Crippen LogP contribution in [0.1, 0.15) is 17.4 Å². The fraction of sp³-hybridized carbons (Fsp3) is 0.571. The summed E-state index contributed by atoms with van der Waals surface area (Å²) in [6, 6.07) is 3.76. The fourth-order valence-electron chi connectivity index (χ4n) is 2.62. The second kappa shape index (κ2) is 6.09. The van der Waals surface area contributed by atoms with Crippen LogP contribution < -0.4 is 4.23 Å². The lowest BCUT2D eigenvalue weighted by molar-refractivity contribution is 0.0519. The molecule has 0 aromatic carbocycles. The lowest BCUT2D eigenvalue weighted by Crippen LogP contribution is -2.59. The maximum absolute atomic E-state index is 11.6. The second-order valence-corrected chi connectivity index (χ2v) is 16.8. The average molecular weight is 311 g/mol. The van der Waals surface area contributed by atoms with Gasteiger partial charge in [-0.15, -0.1) is 0 Å². The Labute approximate surface area is 124 Å². The van der Waals surface area contributed by atoms with Gasteiger partial charge in [0.1, 0.15) is 22.2 Å². The quantitative estimate of drug-likeness (QED) is 0.614. The van der Waals surface area contributed by atoms with Gasteiger partial charge in [-0.3, -0.25) is 0 Å². The first kappa shape index (κ1) is 16.9. The highest BCUT2D eigenvalue weighted by Crippen LogP contribution is 2.27. The third-order valence-electron chi connectivity index (χ3n) is 2.83. The Morgan fingerprint density at radius 1 is 1.15 bits per heavy atom. The van der Waals surface area contributed by atoms with Gasteiger partial charge in [-0.2, -0.15) is 0 Å². The van der Waals surface area contributed by atoms with E-state index in [-0.39, 0.29) is 5.97 Å². The summed E-state index contributed by atoms with van der Waals surface area (Å²) in [5, 5.41) is 0. The van der Waals surface area contributed by atoms with Gasteiger partial charge in [-0.05, 0) is 19.1 Å². The van der Waals surface area contributed by atoms with Crippen LogP contribution in [0.5, 0.6) is 0 Å². The second-order valence-electron chi connectivity index (χ2n) is 6.80. The lowest BCUT2D eigenvalue weighted by Gasteiger charge is -2.45. The molecule has 0 fully saturated rings. The normalized spacial score (nSPS) is 12.2. The first-order valence-corrected chi connectivity index (χ1v) is 13.9. The van der Waals surface area contributed by atoms with Gasteiger partial charge >= 0.3 is 5.97 Å². The molecule has 0 atom stereocenters. The van der Waals surface area contributed by atoms with Crippen LogP contribution in [0.4, 0.5) is 5.69 Å². The topological polar surface area (TPSA) is 42.4 Å². The number of esters is 1. The number of hydrogen-bond acceptors (Lipinski definition) is 4. The number of aromatic nitrogens is 1. The molecule has 1 aromatic heterocycles. The number of carbonyl (C=O) groups excluding carboxylic acids is 1. The van der Waals surface area contributed by atoms with Crippen LogP contribution in [0.25, 0.3) is 0 Å². The Kier molecular flexibility index (Phi) is 5.15. The molecule has 0 aliphatic rings. The highest BCUT2D eigenvalue weighted by atomic mass is 28.4. The predicted octanol–water partition coefficient (Wildman–Crippen LogP) is 3.73. The van der Waals surface area contributed by atoms with Crippen LogP contribution in [0.3, 0.4) is 0 Å². The third kappa shape index (κ3) is 4.17. The van der Waals surface area contributed by atoms with E-state index in [0.717, 1.165) is 5.69 Å². The van der Waals surface area contributed by atoms with Crippen molar-refractivity contribution in [1.29, 1.82) is 0 Å². The molecule has 1 aromatic rings. The van der Waals surface area contributed by atoms with Crippen LogP contribution in [0.15, 0.2) is 18.3 Å². The van der Waals surface area contributed by atoms with E-state index in [1.54, 1.807) is 13.0 Å². The molecule has 4 nitrogen and oxygen atoms in total. The molecule has 0 saturated carbocycles. The van der Waals surface area contributed by atoms with Crippen LogP contribution in [0, 0.1) is 0 Å². The molecule has 0 N–H and O–H groups in total. The van der Waals surface area contributed by atoms with Gasteiger partial charge < -0.3 is 8.97 Å². The zero-order chi connectivity index (χ0) is 15.6. The van der Waals surface area contributed by atoms with Crippen LogP contribution in [-0.2, 0) is 4.74 Å². The molecular weight excluding hydrogens is 284 g/mol.